The van der Waals surface area contributed by atoms with Crippen LogP contribution < -0.4 is 0 Å². The topological polar surface area (TPSA) is 33.1 Å². The van der Waals surface area contributed by atoms with Crippen molar-refractivity contribution in [1.29, 1.82) is 0 Å². The zero-order valence-corrected chi connectivity index (χ0v) is 13.6. The standard InChI is InChI=1S/C22H21NO/c24-22(15-8-12-17-9-4-5-13-19(17)22)21(18-10-2-1-3-11-18)20-14-6-7-16-23-20/h1-7,9-11,13-14,16,21,24H,8,12,15H2/t21-,22-/m0/s1. The number of aliphatic hydroxyl groups is 1. The molecule has 2 heteroatoms. The highest BCUT2D eigenvalue weighted by atomic mass is 16.3. The number of rotatable bonds is 3. The molecule has 2 nitrogen and oxygen atoms in total. The third-order valence-electron chi connectivity index (χ3n) is 5.08. The van der Waals surface area contributed by atoms with Gasteiger partial charge in [0.25, 0.3) is 0 Å². The highest BCUT2D eigenvalue weighted by Gasteiger charge is 2.43. The Morgan fingerprint density at radius 1 is 0.875 bits per heavy atom. The molecule has 0 unspecified atom stereocenters. The quantitative estimate of drug-likeness (QED) is 0.775. The number of pyridine rings is 1. The van der Waals surface area contributed by atoms with Crippen LogP contribution in [0, 0.1) is 0 Å². The van der Waals surface area contributed by atoms with Crippen LogP contribution in [0.2, 0.25) is 0 Å². The molecule has 0 spiro atoms. The van der Waals surface area contributed by atoms with E-state index in [2.05, 4.69) is 35.3 Å². The fourth-order valence-electron chi connectivity index (χ4n) is 4.03. The third kappa shape index (κ3) is 2.53. The van der Waals surface area contributed by atoms with Crippen LogP contribution in [0.1, 0.15) is 41.1 Å². The minimum absolute atomic E-state index is 0.165. The van der Waals surface area contributed by atoms with E-state index >= 15 is 0 Å². The molecule has 1 N–H and O–H groups in total. The smallest absolute Gasteiger partial charge is 0.102 e. The molecule has 0 saturated heterocycles. The number of aromatic nitrogens is 1. The predicted octanol–water partition coefficient (Wildman–Crippen LogP) is 4.44. The molecular formula is C22H21NO. The average molecular weight is 315 g/mol. The lowest BCUT2D eigenvalue weighted by Crippen LogP contribution is -2.38. The van der Waals surface area contributed by atoms with Crippen molar-refractivity contribution in [1.82, 2.24) is 4.98 Å². The van der Waals surface area contributed by atoms with Crippen LogP contribution in [0.25, 0.3) is 0 Å². The minimum atomic E-state index is -0.926. The summed E-state index contributed by atoms with van der Waals surface area (Å²) in [6.45, 7) is 0. The van der Waals surface area contributed by atoms with E-state index in [-0.39, 0.29) is 5.92 Å². The molecule has 0 fully saturated rings. The summed E-state index contributed by atoms with van der Waals surface area (Å²) in [6.07, 6.45) is 4.58. The van der Waals surface area contributed by atoms with E-state index in [1.165, 1.54) is 5.56 Å². The number of nitrogens with zero attached hydrogens (tertiary/aromatic N) is 1. The van der Waals surface area contributed by atoms with E-state index in [1.54, 1.807) is 0 Å². The van der Waals surface area contributed by atoms with Crippen molar-refractivity contribution >= 4 is 0 Å². The SMILES string of the molecule is O[C@@]1([C@@H](c2ccccc2)c2ccccn2)CCCc2ccccc21. The van der Waals surface area contributed by atoms with Gasteiger partial charge in [-0.15, -0.1) is 0 Å². The van der Waals surface area contributed by atoms with Crippen molar-refractivity contribution in [3.63, 3.8) is 0 Å². The number of fused-ring (bicyclic) bond motifs is 1. The first-order valence-corrected chi connectivity index (χ1v) is 8.56. The van der Waals surface area contributed by atoms with Crippen LogP contribution in [-0.4, -0.2) is 10.1 Å². The maximum Gasteiger partial charge on any atom is 0.102 e. The molecule has 3 aromatic rings. The number of aryl methyl sites for hydroxylation is 1. The third-order valence-corrected chi connectivity index (χ3v) is 5.08. The molecule has 24 heavy (non-hydrogen) atoms. The van der Waals surface area contributed by atoms with Crippen molar-refractivity contribution in [3.05, 3.63) is 101 Å². The lowest BCUT2D eigenvalue weighted by Gasteiger charge is -2.41. The van der Waals surface area contributed by atoms with Gasteiger partial charge >= 0.3 is 0 Å². The fraction of sp³-hybridized carbons (Fsp3) is 0.227. The predicted molar refractivity (Wildman–Crippen MR) is 95.8 cm³/mol. The largest absolute Gasteiger partial charge is 0.384 e. The monoisotopic (exact) mass is 315 g/mol. The second-order valence-electron chi connectivity index (χ2n) is 6.53. The van der Waals surface area contributed by atoms with Crippen molar-refractivity contribution in [2.45, 2.75) is 30.8 Å². The van der Waals surface area contributed by atoms with Gasteiger partial charge in [-0.3, -0.25) is 4.98 Å². The van der Waals surface area contributed by atoms with Gasteiger partial charge in [0, 0.05) is 6.20 Å². The van der Waals surface area contributed by atoms with Crippen LogP contribution in [0.4, 0.5) is 0 Å². The second kappa shape index (κ2) is 6.21. The van der Waals surface area contributed by atoms with Gasteiger partial charge in [-0.1, -0.05) is 60.7 Å². The summed E-state index contributed by atoms with van der Waals surface area (Å²) in [5.41, 5.74) is 3.40. The summed E-state index contributed by atoms with van der Waals surface area (Å²) in [5.74, 6) is -0.165. The van der Waals surface area contributed by atoms with Gasteiger partial charge in [0.1, 0.15) is 5.60 Å². The lowest BCUT2D eigenvalue weighted by molar-refractivity contribution is 0.000969. The summed E-state index contributed by atoms with van der Waals surface area (Å²) < 4.78 is 0. The Balaban J connectivity index is 1.92. The molecule has 120 valence electrons. The van der Waals surface area contributed by atoms with Gasteiger partial charge in [-0.2, -0.15) is 0 Å². The van der Waals surface area contributed by atoms with Crippen molar-refractivity contribution in [3.8, 4) is 0 Å². The Kier molecular flexibility index (Phi) is 3.91. The van der Waals surface area contributed by atoms with Gasteiger partial charge in [0.05, 0.1) is 11.6 Å². The fourth-order valence-corrected chi connectivity index (χ4v) is 4.03. The van der Waals surface area contributed by atoms with E-state index in [0.29, 0.717) is 0 Å². The van der Waals surface area contributed by atoms with Crippen molar-refractivity contribution < 1.29 is 5.11 Å². The van der Waals surface area contributed by atoms with E-state index in [1.807, 2.05) is 48.7 Å². The second-order valence-corrected chi connectivity index (χ2v) is 6.53. The lowest BCUT2D eigenvalue weighted by atomic mass is 9.68. The van der Waals surface area contributed by atoms with Crippen LogP contribution in [0.5, 0.6) is 0 Å². The normalized spacial score (nSPS) is 21.0. The zero-order chi connectivity index (χ0) is 16.4. The van der Waals surface area contributed by atoms with Gasteiger partial charge < -0.3 is 5.11 Å². The summed E-state index contributed by atoms with van der Waals surface area (Å²) >= 11 is 0. The molecule has 4 rings (SSSR count). The first-order valence-electron chi connectivity index (χ1n) is 8.56. The molecule has 2 aromatic carbocycles. The molecule has 0 amide bonds. The maximum atomic E-state index is 11.9. The highest BCUT2D eigenvalue weighted by molar-refractivity contribution is 5.42. The van der Waals surface area contributed by atoms with Gasteiger partial charge in [-0.25, -0.2) is 0 Å². The Morgan fingerprint density at radius 3 is 2.42 bits per heavy atom. The summed E-state index contributed by atoms with van der Waals surface area (Å²) in [5, 5.41) is 11.9. The van der Waals surface area contributed by atoms with Crippen LogP contribution in [0.15, 0.2) is 79.0 Å². The molecule has 1 aliphatic rings. The Bertz CT molecular complexity index is 776. The maximum absolute atomic E-state index is 11.9. The van der Waals surface area contributed by atoms with Gasteiger partial charge in [-0.05, 0) is 48.1 Å². The van der Waals surface area contributed by atoms with Crippen molar-refractivity contribution in [2.75, 3.05) is 0 Å². The molecule has 0 bridgehead atoms. The molecule has 1 aromatic heterocycles. The number of hydrogen-bond donors (Lipinski definition) is 1. The Hall–Kier alpha value is -2.45. The van der Waals surface area contributed by atoms with E-state index < -0.39 is 5.60 Å². The van der Waals surface area contributed by atoms with Crippen molar-refractivity contribution in [2.24, 2.45) is 0 Å². The van der Waals surface area contributed by atoms with Crippen LogP contribution >= 0.6 is 0 Å². The van der Waals surface area contributed by atoms with Crippen LogP contribution in [-0.2, 0) is 12.0 Å². The molecule has 2 atom stereocenters. The molecule has 0 aliphatic heterocycles. The van der Waals surface area contributed by atoms with E-state index in [4.69, 9.17) is 0 Å². The minimum Gasteiger partial charge on any atom is -0.384 e. The zero-order valence-electron chi connectivity index (χ0n) is 13.6. The Labute approximate surface area is 142 Å². The van der Waals surface area contributed by atoms with Gasteiger partial charge in [0.2, 0.25) is 0 Å². The number of hydrogen-bond acceptors (Lipinski definition) is 2. The number of benzene rings is 2. The molecular weight excluding hydrogens is 294 g/mol. The summed E-state index contributed by atoms with van der Waals surface area (Å²) in [7, 11) is 0. The first kappa shape index (κ1) is 15.1. The highest BCUT2D eigenvalue weighted by Crippen LogP contribution is 2.47. The molecule has 0 radical (unpaired) electrons. The van der Waals surface area contributed by atoms with E-state index in [9.17, 15) is 5.11 Å². The first-order chi connectivity index (χ1) is 11.8. The van der Waals surface area contributed by atoms with Crippen LogP contribution in [0.3, 0.4) is 0 Å². The molecule has 1 aliphatic carbocycles. The average Bonchev–Trinajstić information content (AvgIpc) is 2.64. The Morgan fingerprint density at radius 2 is 1.62 bits per heavy atom. The summed E-state index contributed by atoms with van der Waals surface area (Å²) in [4.78, 5) is 4.59. The van der Waals surface area contributed by atoms with E-state index in [0.717, 1.165) is 36.1 Å². The molecule has 1 heterocycles. The molecule has 0 saturated carbocycles. The summed E-state index contributed by atoms with van der Waals surface area (Å²) in [6, 6.07) is 24.5. The van der Waals surface area contributed by atoms with Gasteiger partial charge in [0.15, 0.2) is 0 Å².